The van der Waals surface area contributed by atoms with E-state index in [0.29, 0.717) is 18.4 Å². The van der Waals surface area contributed by atoms with E-state index in [9.17, 15) is 0 Å². The summed E-state index contributed by atoms with van der Waals surface area (Å²) in [5.41, 5.74) is 7.65. The SMILES string of the molecule is CC1CCN(C)CC1.NCC(c1nc2ccccc2o1)C1CCC1. The van der Waals surface area contributed by atoms with Gasteiger partial charge in [-0.2, -0.15) is 0 Å². The summed E-state index contributed by atoms with van der Waals surface area (Å²) in [6.45, 7) is 5.59. The molecule has 2 aliphatic rings. The molecular weight excluding hydrogens is 298 g/mol. The second-order valence-corrected chi connectivity index (χ2v) is 7.54. The molecule has 1 unspecified atom stereocenters. The van der Waals surface area contributed by atoms with Crippen molar-refractivity contribution < 1.29 is 4.42 Å². The van der Waals surface area contributed by atoms with Crippen LogP contribution in [0.15, 0.2) is 28.7 Å². The van der Waals surface area contributed by atoms with E-state index in [0.717, 1.165) is 22.9 Å². The minimum Gasteiger partial charge on any atom is -0.440 e. The molecule has 1 saturated heterocycles. The van der Waals surface area contributed by atoms with Crippen molar-refractivity contribution in [3.8, 4) is 0 Å². The fourth-order valence-electron chi connectivity index (χ4n) is 3.52. The maximum atomic E-state index is 5.84. The van der Waals surface area contributed by atoms with Crippen molar-refractivity contribution in [1.29, 1.82) is 0 Å². The predicted molar refractivity (Wildman–Crippen MR) is 99.0 cm³/mol. The van der Waals surface area contributed by atoms with Gasteiger partial charge in [0.05, 0.1) is 5.92 Å². The molecule has 1 aliphatic carbocycles. The lowest BCUT2D eigenvalue weighted by atomic mass is 9.76. The first kappa shape index (κ1) is 17.4. The summed E-state index contributed by atoms with van der Waals surface area (Å²) in [6, 6.07) is 7.89. The van der Waals surface area contributed by atoms with Crippen molar-refractivity contribution in [2.75, 3.05) is 26.7 Å². The monoisotopic (exact) mass is 329 g/mol. The van der Waals surface area contributed by atoms with E-state index in [1.807, 2.05) is 24.3 Å². The van der Waals surface area contributed by atoms with Gasteiger partial charge in [0.25, 0.3) is 0 Å². The average Bonchev–Trinajstić information content (AvgIpc) is 2.97. The number of nitrogens with zero attached hydrogens (tertiary/aromatic N) is 2. The Morgan fingerprint density at radius 1 is 1.21 bits per heavy atom. The Bertz CT molecular complexity index is 584. The number of benzene rings is 1. The molecule has 2 N–H and O–H groups in total. The molecular formula is C20H31N3O. The van der Waals surface area contributed by atoms with Crippen LogP contribution in [-0.4, -0.2) is 36.6 Å². The molecule has 2 heterocycles. The molecule has 0 spiro atoms. The van der Waals surface area contributed by atoms with Crippen molar-refractivity contribution in [3.05, 3.63) is 30.2 Å². The highest BCUT2D eigenvalue weighted by molar-refractivity contribution is 5.72. The number of oxazole rings is 1. The summed E-state index contributed by atoms with van der Waals surface area (Å²) in [5, 5.41) is 0. The van der Waals surface area contributed by atoms with Crippen LogP contribution in [0.4, 0.5) is 0 Å². The zero-order chi connectivity index (χ0) is 16.9. The van der Waals surface area contributed by atoms with Gasteiger partial charge < -0.3 is 15.1 Å². The number of nitrogens with two attached hydrogens (primary N) is 1. The third kappa shape index (κ3) is 4.17. The van der Waals surface area contributed by atoms with E-state index in [1.54, 1.807) is 0 Å². The van der Waals surface area contributed by atoms with Crippen LogP contribution in [0, 0.1) is 11.8 Å². The molecule has 132 valence electrons. The van der Waals surface area contributed by atoms with Gasteiger partial charge in [-0.25, -0.2) is 4.98 Å². The van der Waals surface area contributed by atoms with Crippen LogP contribution in [0.5, 0.6) is 0 Å². The van der Waals surface area contributed by atoms with E-state index < -0.39 is 0 Å². The first-order valence-corrected chi connectivity index (χ1v) is 9.41. The van der Waals surface area contributed by atoms with Crippen LogP contribution < -0.4 is 5.73 Å². The minimum absolute atomic E-state index is 0.307. The van der Waals surface area contributed by atoms with Crippen LogP contribution in [0.1, 0.15) is 50.8 Å². The Balaban J connectivity index is 0.000000179. The molecule has 0 radical (unpaired) electrons. The van der Waals surface area contributed by atoms with Crippen LogP contribution in [-0.2, 0) is 0 Å². The van der Waals surface area contributed by atoms with Crippen molar-refractivity contribution in [3.63, 3.8) is 0 Å². The van der Waals surface area contributed by atoms with Crippen molar-refractivity contribution in [2.24, 2.45) is 17.6 Å². The second-order valence-electron chi connectivity index (χ2n) is 7.54. The Morgan fingerprint density at radius 2 is 1.92 bits per heavy atom. The van der Waals surface area contributed by atoms with Gasteiger partial charge in [-0.3, -0.25) is 0 Å². The lowest BCUT2D eigenvalue weighted by molar-refractivity contribution is 0.230. The van der Waals surface area contributed by atoms with Crippen LogP contribution in [0.3, 0.4) is 0 Å². The number of fused-ring (bicyclic) bond motifs is 1. The largest absolute Gasteiger partial charge is 0.440 e. The molecule has 1 atom stereocenters. The van der Waals surface area contributed by atoms with Gasteiger partial charge in [-0.05, 0) is 69.8 Å². The molecule has 2 fully saturated rings. The van der Waals surface area contributed by atoms with Crippen LogP contribution in [0.25, 0.3) is 11.1 Å². The van der Waals surface area contributed by atoms with Gasteiger partial charge in [0.15, 0.2) is 11.5 Å². The summed E-state index contributed by atoms with van der Waals surface area (Å²) in [5.74, 6) is 2.79. The molecule has 0 bridgehead atoms. The molecule has 1 saturated carbocycles. The molecule has 24 heavy (non-hydrogen) atoms. The molecule has 1 aromatic heterocycles. The third-order valence-corrected chi connectivity index (χ3v) is 5.61. The first-order chi connectivity index (χ1) is 11.7. The number of aromatic nitrogens is 1. The van der Waals surface area contributed by atoms with Gasteiger partial charge in [0, 0.05) is 6.54 Å². The van der Waals surface area contributed by atoms with E-state index in [1.165, 1.54) is 45.2 Å². The number of para-hydroxylation sites is 2. The second kappa shape index (κ2) is 8.13. The molecule has 4 rings (SSSR count). The van der Waals surface area contributed by atoms with E-state index in [4.69, 9.17) is 10.2 Å². The number of hydrogen-bond donors (Lipinski definition) is 1. The zero-order valence-electron chi connectivity index (χ0n) is 15.1. The number of piperidine rings is 1. The standard InChI is InChI=1S/C13H16N2O.C7H15N/c14-8-10(9-4-3-5-9)13-15-11-6-1-2-7-12(11)16-13;1-7-3-5-8(2)6-4-7/h1-2,6-7,9-10H,3-5,8,14H2;7H,3-6H2,1-2H3. The Kier molecular flexibility index (Phi) is 5.90. The maximum absolute atomic E-state index is 5.84. The predicted octanol–water partition coefficient (Wildman–Crippen LogP) is 4.02. The van der Waals surface area contributed by atoms with Crippen LogP contribution >= 0.6 is 0 Å². The Labute approximate surface area is 145 Å². The zero-order valence-corrected chi connectivity index (χ0v) is 15.1. The summed E-state index contributed by atoms with van der Waals surface area (Å²) >= 11 is 0. The normalized spacial score (nSPS) is 21.1. The maximum Gasteiger partial charge on any atom is 0.200 e. The molecule has 4 heteroatoms. The highest BCUT2D eigenvalue weighted by atomic mass is 16.3. The van der Waals surface area contributed by atoms with Gasteiger partial charge in [-0.15, -0.1) is 0 Å². The quantitative estimate of drug-likeness (QED) is 0.924. The molecule has 4 nitrogen and oxygen atoms in total. The van der Waals surface area contributed by atoms with Gasteiger partial charge >= 0.3 is 0 Å². The number of likely N-dealkylation sites (tertiary alicyclic amines) is 1. The lowest BCUT2D eigenvalue weighted by Gasteiger charge is -2.30. The Morgan fingerprint density at radius 3 is 2.46 bits per heavy atom. The third-order valence-electron chi connectivity index (χ3n) is 5.61. The molecule has 2 aromatic rings. The first-order valence-electron chi connectivity index (χ1n) is 9.41. The van der Waals surface area contributed by atoms with E-state index in [2.05, 4.69) is 23.9 Å². The highest BCUT2D eigenvalue weighted by Crippen LogP contribution is 2.39. The van der Waals surface area contributed by atoms with E-state index >= 15 is 0 Å². The molecule has 0 amide bonds. The molecule has 1 aliphatic heterocycles. The van der Waals surface area contributed by atoms with E-state index in [-0.39, 0.29) is 0 Å². The Hall–Kier alpha value is -1.39. The van der Waals surface area contributed by atoms with Crippen molar-refractivity contribution in [1.82, 2.24) is 9.88 Å². The van der Waals surface area contributed by atoms with Crippen molar-refractivity contribution >= 4 is 11.1 Å². The fourth-order valence-corrected chi connectivity index (χ4v) is 3.52. The fraction of sp³-hybridized carbons (Fsp3) is 0.650. The topological polar surface area (TPSA) is 55.3 Å². The van der Waals surface area contributed by atoms with Crippen LogP contribution in [0.2, 0.25) is 0 Å². The summed E-state index contributed by atoms with van der Waals surface area (Å²) < 4.78 is 5.79. The van der Waals surface area contributed by atoms with Gasteiger partial charge in [0.2, 0.25) is 0 Å². The summed E-state index contributed by atoms with van der Waals surface area (Å²) in [7, 11) is 2.20. The lowest BCUT2D eigenvalue weighted by Crippen LogP contribution is -2.28. The smallest absolute Gasteiger partial charge is 0.200 e. The molecule has 1 aromatic carbocycles. The number of hydrogen-bond acceptors (Lipinski definition) is 4. The summed E-state index contributed by atoms with van der Waals surface area (Å²) in [6.07, 6.45) is 6.65. The average molecular weight is 329 g/mol. The summed E-state index contributed by atoms with van der Waals surface area (Å²) in [4.78, 5) is 6.94. The van der Waals surface area contributed by atoms with Gasteiger partial charge in [0.1, 0.15) is 5.52 Å². The van der Waals surface area contributed by atoms with Crippen molar-refractivity contribution in [2.45, 2.75) is 44.9 Å². The highest BCUT2D eigenvalue weighted by Gasteiger charge is 2.30. The minimum atomic E-state index is 0.307. The number of rotatable bonds is 3. The van der Waals surface area contributed by atoms with Gasteiger partial charge in [-0.1, -0.05) is 25.5 Å².